The average molecular weight is 306 g/mol. The smallest absolute Gasteiger partial charge is 0.185 e. The number of thiophene rings is 1. The molecule has 0 fully saturated rings. The Bertz CT molecular complexity index is 605. The van der Waals surface area contributed by atoms with Crippen LogP contribution in [0.15, 0.2) is 46.7 Å². The molecule has 2 aromatic rings. The van der Waals surface area contributed by atoms with Crippen LogP contribution in [-0.4, -0.2) is 15.7 Å². The summed E-state index contributed by atoms with van der Waals surface area (Å²) in [6.45, 7) is 6.41. The van der Waals surface area contributed by atoms with Crippen LogP contribution in [0.1, 0.15) is 36.0 Å². The third kappa shape index (κ3) is 3.64. The van der Waals surface area contributed by atoms with Crippen molar-refractivity contribution in [3.63, 3.8) is 0 Å². The van der Waals surface area contributed by atoms with Gasteiger partial charge in [-0.1, -0.05) is 39.0 Å². The standard InChI is InChI=1S/C16H18O2S2/c1-16(2,3)12-6-8-13(9-7-12)20(18)11-14(17)15-5-4-10-19-15/h4-10H,11H2,1-3H3. The van der Waals surface area contributed by atoms with Crippen molar-refractivity contribution >= 4 is 27.9 Å². The Morgan fingerprint density at radius 1 is 1.15 bits per heavy atom. The van der Waals surface area contributed by atoms with Gasteiger partial charge < -0.3 is 0 Å². The van der Waals surface area contributed by atoms with Gasteiger partial charge in [-0.3, -0.25) is 9.00 Å². The fourth-order valence-electron chi connectivity index (χ4n) is 1.82. The predicted octanol–water partition coefficient (Wildman–Crippen LogP) is 4.04. The van der Waals surface area contributed by atoms with Crippen LogP contribution in [0.5, 0.6) is 0 Å². The minimum Gasteiger partial charge on any atom is -0.292 e. The number of rotatable bonds is 4. The molecule has 106 valence electrons. The van der Waals surface area contributed by atoms with Crippen LogP contribution in [-0.2, 0) is 16.2 Å². The van der Waals surface area contributed by atoms with Gasteiger partial charge in [-0.25, -0.2) is 0 Å². The molecular formula is C16H18O2S2. The molecule has 4 heteroatoms. The van der Waals surface area contributed by atoms with E-state index < -0.39 is 10.8 Å². The van der Waals surface area contributed by atoms with Gasteiger partial charge in [-0.2, -0.15) is 0 Å². The van der Waals surface area contributed by atoms with E-state index in [-0.39, 0.29) is 17.0 Å². The quantitative estimate of drug-likeness (QED) is 0.799. The molecule has 20 heavy (non-hydrogen) atoms. The van der Waals surface area contributed by atoms with Crippen LogP contribution in [0.4, 0.5) is 0 Å². The fraction of sp³-hybridized carbons (Fsp3) is 0.312. The first kappa shape index (κ1) is 15.1. The Labute approximate surface area is 126 Å². The van der Waals surface area contributed by atoms with Gasteiger partial charge in [0, 0.05) is 4.90 Å². The van der Waals surface area contributed by atoms with Gasteiger partial charge in [-0.05, 0) is 34.6 Å². The molecule has 1 aromatic heterocycles. The van der Waals surface area contributed by atoms with Crippen molar-refractivity contribution in [3.05, 3.63) is 52.2 Å². The zero-order chi connectivity index (χ0) is 14.8. The molecule has 0 aliphatic carbocycles. The van der Waals surface area contributed by atoms with Gasteiger partial charge in [0.2, 0.25) is 0 Å². The highest BCUT2D eigenvalue weighted by molar-refractivity contribution is 7.85. The average Bonchev–Trinajstić information content (AvgIpc) is 2.91. The van der Waals surface area contributed by atoms with Gasteiger partial charge in [0.15, 0.2) is 5.78 Å². The predicted molar refractivity (Wildman–Crippen MR) is 85.1 cm³/mol. The SMILES string of the molecule is CC(C)(C)c1ccc(S(=O)CC(=O)c2cccs2)cc1. The third-order valence-electron chi connectivity index (χ3n) is 3.04. The van der Waals surface area contributed by atoms with E-state index in [1.54, 1.807) is 6.07 Å². The van der Waals surface area contributed by atoms with E-state index in [0.717, 1.165) is 0 Å². The van der Waals surface area contributed by atoms with Crippen molar-refractivity contribution < 1.29 is 9.00 Å². The summed E-state index contributed by atoms with van der Waals surface area (Å²) in [7, 11) is -1.28. The number of carbonyl (C=O) groups is 1. The summed E-state index contributed by atoms with van der Waals surface area (Å²) in [6, 6.07) is 11.3. The first-order chi connectivity index (χ1) is 9.38. The highest BCUT2D eigenvalue weighted by atomic mass is 32.2. The summed E-state index contributed by atoms with van der Waals surface area (Å²) in [5.41, 5.74) is 1.27. The Morgan fingerprint density at radius 3 is 2.30 bits per heavy atom. The summed E-state index contributed by atoms with van der Waals surface area (Å²) in [5.74, 6) is -0.00622. The molecule has 0 aliphatic rings. The van der Waals surface area contributed by atoms with E-state index in [0.29, 0.717) is 9.77 Å². The number of carbonyl (C=O) groups excluding carboxylic acids is 1. The van der Waals surface area contributed by atoms with Crippen molar-refractivity contribution in [1.82, 2.24) is 0 Å². The minimum absolute atomic E-state index is 0.0510. The fourth-order valence-corrected chi connectivity index (χ4v) is 3.57. The van der Waals surface area contributed by atoms with Crippen molar-refractivity contribution in [2.75, 3.05) is 5.75 Å². The van der Waals surface area contributed by atoms with E-state index in [1.807, 2.05) is 35.7 Å². The van der Waals surface area contributed by atoms with E-state index in [9.17, 15) is 9.00 Å². The van der Waals surface area contributed by atoms with Gasteiger partial charge in [0.1, 0.15) is 0 Å². The maximum absolute atomic E-state index is 12.2. The van der Waals surface area contributed by atoms with E-state index in [4.69, 9.17) is 0 Å². The minimum atomic E-state index is -1.28. The monoisotopic (exact) mass is 306 g/mol. The largest absolute Gasteiger partial charge is 0.292 e. The summed E-state index contributed by atoms with van der Waals surface area (Å²) >= 11 is 1.39. The lowest BCUT2D eigenvalue weighted by molar-refractivity contribution is 0.102. The van der Waals surface area contributed by atoms with Crippen molar-refractivity contribution in [2.45, 2.75) is 31.1 Å². The first-order valence-corrected chi connectivity index (χ1v) is 8.63. The number of hydrogen-bond acceptors (Lipinski definition) is 3. The molecule has 2 nitrogen and oxygen atoms in total. The Kier molecular flexibility index (Phi) is 4.55. The molecule has 0 bridgehead atoms. The molecule has 1 atom stereocenters. The van der Waals surface area contributed by atoms with Crippen LogP contribution in [0.2, 0.25) is 0 Å². The zero-order valence-corrected chi connectivity index (χ0v) is 13.5. The number of ketones is 1. The molecule has 1 aromatic carbocycles. The highest BCUT2D eigenvalue weighted by Gasteiger charge is 2.16. The van der Waals surface area contributed by atoms with Crippen molar-refractivity contribution in [3.8, 4) is 0 Å². The highest BCUT2D eigenvalue weighted by Crippen LogP contribution is 2.23. The topological polar surface area (TPSA) is 34.1 Å². The lowest BCUT2D eigenvalue weighted by Gasteiger charge is -2.18. The molecule has 0 aliphatic heterocycles. The van der Waals surface area contributed by atoms with Crippen LogP contribution >= 0.6 is 11.3 Å². The first-order valence-electron chi connectivity index (χ1n) is 6.43. The third-order valence-corrected chi connectivity index (χ3v) is 5.27. The molecule has 0 saturated carbocycles. The number of benzene rings is 1. The number of Topliss-reactive ketones (excluding diaryl/α,β-unsaturated/α-hetero) is 1. The second-order valence-corrected chi connectivity index (χ2v) is 8.06. The second-order valence-electron chi connectivity index (χ2n) is 5.66. The molecule has 2 rings (SSSR count). The molecule has 0 saturated heterocycles. The Balaban J connectivity index is 2.08. The lowest BCUT2D eigenvalue weighted by Crippen LogP contribution is -2.12. The van der Waals surface area contributed by atoms with E-state index in [1.165, 1.54) is 16.9 Å². The van der Waals surface area contributed by atoms with Crippen molar-refractivity contribution in [1.29, 1.82) is 0 Å². The molecule has 1 unspecified atom stereocenters. The van der Waals surface area contributed by atoms with Crippen LogP contribution in [0.25, 0.3) is 0 Å². The van der Waals surface area contributed by atoms with Gasteiger partial charge >= 0.3 is 0 Å². The summed E-state index contributed by atoms with van der Waals surface area (Å²) in [5, 5.41) is 1.86. The van der Waals surface area contributed by atoms with Crippen LogP contribution in [0, 0.1) is 0 Å². The van der Waals surface area contributed by atoms with Gasteiger partial charge in [0.25, 0.3) is 0 Å². The van der Waals surface area contributed by atoms with Gasteiger partial charge in [0.05, 0.1) is 21.4 Å². The molecule has 1 heterocycles. The maximum atomic E-state index is 12.2. The summed E-state index contributed by atoms with van der Waals surface area (Å²) in [6.07, 6.45) is 0. The Hall–Kier alpha value is -1.26. The lowest BCUT2D eigenvalue weighted by atomic mass is 9.87. The summed E-state index contributed by atoms with van der Waals surface area (Å²) in [4.78, 5) is 13.3. The molecule has 0 N–H and O–H groups in total. The summed E-state index contributed by atoms with van der Waals surface area (Å²) < 4.78 is 12.2. The van der Waals surface area contributed by atoms with Gasteiger partial charge in [-0.15, -0.1) is 11.3 Å². The van der Waals surface area contributed by atoms with Crippen molar-refractivity contribution in [2.24, 2.45) is 0 Å². The Morgan fingerprint density at radius 2 is 1.80 bits per heavy atom. The normalized spacial score (nSPS) is 13.2. The number of hydrogen-bond donors (Lipinski definition) is 0. The molecular weight excluding hydrogens is 288 g/mol. The maximum Gasteiger partial charge on any atom is 0.185 e. The van der Waals surface area contributed by atoms with E-state index in [2.05, 4.69) is 20.8 Å². The molecule has 0 amide bonds. The van der Waals surface area contributed by atoms with Crippen LogP contribution in [0.3, 0.4) is 0 Å². The molecule has 0 radical (unpaired) electrons. The molecule has 0 spiro atoms. The second kappa shape index (κ2) is 6.02. The van der Waals surface area contributed by atoms with Crippen LogP contribution < -0.4 is 0 Å². The zero-order valence-electron chi connectivity index (χ0n) is 11.9. The van der Waals surface area contributed by atoms with E-state index >= 15 is 0 Å².